The molecule has 0 saturated carbocycles. The molecule has 0 aliphatic carbocycles. The summed E-state index contributed by atoms with van der Waals surface area (Å²) in [5.74, 6) is 1.50. The van der Waals surface area contributed by atoms with E-state index in [1.54, 1.807) is 31.3 Å². The Bertz CT molecular complexity index is 1180. The monoisotopic (exact) mass is 417 g/mol. The van der Waals surface area contributed by atoms with Crippen LogP contribution in [0.4, 0.5) is 11.4 Å². The van der Waals surface area contributed by atoms with Crippen molar-refractivity contribution in [2.75, 3.05) is 19.1 Å². The number of ether oxygens (including phenoxy) is 2. The van der Waals surface area contributed by atoms with Crippen molar-refractivity contribution in [1.29, 1.82) is 0 Å². The lowest BCUT2D eigenvalue weighted by Crippen LogP contribution is -2.27. The van der Waals surface area contributed by atoms with Crippen LogP contribution in [0.1, 0.15) is 20.3 Å². The molecule has 0 bridgehead atoms. The standard InChI is InChI=1S/C24H27N5O2/c1-6-16(2)29(19-9-20(30-4)12-21(10-19)31-5)18-7-8-22-23(11-18)27-24(14-25-22)17-13-26-28(3)15-17/h7-16H,6H2,1-5H3/t16-/m0/s1. The molecule has 4 rings (SSSR count). The number of aromatic nitrogens is 4. The molecule has 0 fully saturated rings. The van der Waals surface area contributed by atoms with Gasteiger partial charge in [0, 0.05) is 54.4 Å². The first-order valence-electron chi connectivity index (χ1n) is 10.3. The zero-order valence-electron chi connectivity index (χ0n) is 18.5. The largest absolute Gasteiger partial charge is 0.497 e. The molecule has 7 heteroatoms. The van der Waals surface area contributed by atoms with Gasteiger partial charge in [-0.2, -0.15) is 5.10 Å². The van der Waals surface area contributed by atoms with Crippen molar-refractivity contribution in [2.24, 2.45) is 7.05 Å². The van der Waals surface area contributed by atoms with Crippen molar-refractivity contribution in [3.05, 3.63) is 55.0 Å². The van der Waals surface area contributed by atoms with Gasteiger partial charge in [0.05, 0.1) is 43.3 Å². The summed E-state index contributed by atoms with van der Waals surface area (Å²) in [4.78, 5) is 11.7. The average Bonchev–Trinajstić information content (AvgIpc) is 3.24. The minimum Gasteiger partial charge on any atom is -0.497 e. The number of anilines is 2. The smallest absolute Gasteiger partial charge is 0.124 e. The summed E-state index contributed by atoms with van der Waals surface area (Å²) in [7, 11) is 5.22. The molecule has 2 heterocycles. The maximum absolute atomic E-state index is 5.50. The summed E-state index contributed by atoms with van der Waals surface area (Å²) in [5.41, 5.74) is 5.47. The Morgan fingerprint density at radius 1 is 0.968 bits per heavy atom. The van der Waals surface area contributed by atoms with Crippen LogP contribution in [-0.2, 0) is 7.05 Å². The molecule has 0 radical (unpaired) electrons. The van der Waals surface area contributed by atoms with E-state index in [1.165, 1.54) is 0 Å². The number of hydrogen-bond donors (Lipinski definition) is 0. The molecule has 1 atom stereocenters. The van der Waals surface area contributed by atoms with Crippen molar-refractivity contribution in [3.63, 3.8) is 0 Å². The van der Waals surface area contributed by atoms with E-state index in [9.17, 15) is 0 Å². The van der Waals surface area contributed by atoms with E-state index in [0.717, 1.165) is 51.6 Å². The van der Waals surface area contributed by atoms with Gasteiger partial charge in [0.25, 0.3) is 0 Å². The van der Waals surface area contributed by atoms with Crippen molar-refractivity contribution < 1.29 is 9.47 Å². The van der Waals surface area contributed by atoms with Gasteiger partial charge >= 0.3 is 0 Å². The van der Waals surface area contributed by atoms with Gasteiger partial charge in [-0.15, -0.1) is 0 Å². The van der Waals surface area contributed by atoms with Crippen LogP contribution in [0, 0.1) is 0 Å². The predicted molar refractivity (Wildman–Crippen MR) is 123 cm³/mol. The Labute approximate surface area is 182 Å². The highest BCUT2D eigenvalue weighted by Crippen LogP contribution is 2.36. The number of fused-ring (bicyclic) bond motifs is 1. The van der Waals surface area contributed by atoms with Gasteiger partial charge in [-0.25, -0.2) is 4.98 Å². The van der Waals surface area contributed by atoms with Crippen LogP contribution in [-0.4, -0.2) is 40.0 Å². The second kappa shape index (κ2) is 8.63. The summed E-state index contributed by atoms with van der Waals surface area (Å²) in [6, 6.07) is 12.4. The molecule has 160 valence electrons. The molecule has 0 saturated heterocycles. The molecule has 0 amide bonds. The summed E-state index contributed by atoms with van der Waals surface area (Å²) in [6.07, 6.45) is 6.50. The predicted octanol–water partition coefficient (Wildman–Crippen LogP) is 4.98. The van der Waals surface area contributed by atoms with E-state index in [2.05, 4.69) is 41.0 Å². The maximum Gasteiger partial charge on any atom is 0.124 e. The highest BCUT2D eigenvalue weighted by Gasteiger charge is 2.18. The number of methoxy groups -OCH3 is 2. The molecule has 4 aromatic rings. The molecule has 0 N–H and O–H groups in total. The van der Waals surface area contributed by atoms with Gasteiger partial charge < -0.3 is 14.4 Å². The Morgan fingerprint density at radius 2 is 1.71 bits per heavy atom. The molecule has 0 spiro atoms. The van der Waals surface area contributed by atoms with Crippen LogP contribution < -0.4 is 14.4 Å². The Morgan fingerprint density at radius 3 is 2.32 bits per heavy atom. The lowest BCUT2D eigenvalue weighted by Gasteiger charge is -2.31. The lowest BCUT2D eigenvalue weighted by atomic mass is 10.1. The van der Waals surface area contributed by atoms with Gasteiger partial charge in [0.15, 0.2) is 0 Å². The summed E-state index contributed by atoms with van der Waals surface area (Å²) < 4.78 is 12.8. The van der Waals surface area contributed by atoms with Gasteiger partial charge in [0.2, 0.25) is 0 Å². The van der Waals surface area contributed by atoms with Crippen LogP contribution >= 0.6 is 0 Å². The minimum absolute atomic E-state index is 0.253. The lowest BCUT2D eigenvalue weighted by molar-refractivity contribution is 0.394. The number of hydrogen-bond acceptors (Lipinski definition) is 6. The van der Waals surface area contributed by atoms with E-state index in [1.807, 2.05) is 37.5 Å². The molecular formula is C24H27N5O2. The first kappa shape index (κ1) is 20.7. The topological polar surface area (TPSA) is 65.3 Å². The van der Waals surface area contributed by atoms with Crippen molar-refractivity contribution >= 4 is 22.4 Å². The van der Waals surface area contributed by atoms with Crippen LogP contribution in [0.15, 0.2) is 55.0 Å². The van der Waals surface area contributed by atoms with Crippen molar-refractivity contribution in [2.45, 2.75) is 26.3 Å². The minimum atomic E-state index is 0.253. The van der Waals surface area contributed by atoms with Gasteiger partial charge in [0.1, 0.15) is 11.5 Å². The van der Waals surface area contributed by atoms with Crippen molar-refractivity contribution in [3.8, 4) is 22.8 Å². The highest BCUT2D eigenvalue weighted by molar-refractivity contribution is 5.83. The van der Waals surface area contributed by atoms with Crippen LogP contribution in [0.5, 0.6) is 11.5 Å². The number of benzene rings is 2. The third-order valence-electron chi connectivity index (χ3n) is 5.45. The van der Waals surface area contributed by atoms with Crippen LogP contribution in [0.2, 0.25) is 0 Å². The Kier molecular flexibility index (Phi) is 5.75. The molecule has 0 aliphatic heterocycles. The third-order valence-corrected chi connectivity index (χ3v) is 5.45. The molecule has 2 aromatic carbocycles. The number of rotatable bonds is 7. The van der Waals surface area contributed by atoms with E-state index >= 15 is 0 Å². The van der Waals surface area contributed by atoms with Crippen LogP contribution in [0.25, 0.3) is 22.3 Å². The Hall–Kier alpha value is -3.61. The quantitative estimate of drug-likeness (QED) is 0.422. The molecule has 2 aromatic heterocycles. The SMILES string of the molecule is CC[C@H](C)N(c1cc(OC)cc(OC)c1)c1ccc2ncc(-c3cnn(C)c3)nc2c1. The average molecular weight is 418 g/mol. The molecule has 31 heavy (non-hydrogen) atoms. The van der Waals surface area contributed by atoms with Crippen LogP contribution in [0.3, 0.4) is 0 Å². The molecule has 0 aliphatic rings. The fourth-order valence-electron chi connectivity index (χ4n) is 3.61. The number of aryl methyl sites for hydroxylation is 1. The first-order valence-corrected chi connectivity index (χ1v) is 10.3. The van der Waals surface area contributed by atoms with Gasteiger partial charge in [-0.3, -0.25) is 9.67 Å². The molecule has 0 unspecified atom stereocenters. The van der Waals surface area contributed by atoms with E-state index in [-0.39, 0.29) is 6.04 Å². The highest BCUT2D eigenvalue weighted by atomic mass is 16.5. The normalized spacial score (nSPS) is 12.0. The second-order valence-electron chi connectivity index (χ2n) is 7.53. The fourth-order valence-corrected chi connectivity index (χ4v) is 3.61. The zero-order valence-corrected chi connectivity index (χ0v) is 18.5. The van der Waals surface area contributed by atoms with Gasteiger partial charge in [-0.1, -0.05) is 6.92 Å². The fraction of sp³-hybridized carbons (Fsp3) is 0.292. The Balaban J connectivity index is 1.82. The molecular weight excluding hydrogens is 390 g/mol. The third kappa shape index (κ3) is 4.17. The summed E-state index contributed by atoms with van der Waals surface area (Å²) >= 11 is 0. The summed E-state index contributed by atoms with van der Waals surface area (Å²) in [6.45, 7) is 4.38. The zero-order chi connectivity index (χ0) is 22.0. The first-order chi connectivity index (χ1) is 15.0. The second-order valence-corrected chi connectivity index (χ2v) is 7.53. The van der Waals surface area contributed by atoms with Crippen molar-refractivity contribution in [1.82, 2.24) is 19.7 Å². The molecule has 7 nitrogen and oxygen atoms in total. The summed E-state index contributed by atoms with van der Waals surface area (Å²) in [5, 5.41) is 4.24. The van der Waals surface area contributed by atoms with E-state index < -0.39 is 0 Å². The van der Waals surface area contributed by atoms with Gasteiger partial charge in [-0.05, 0) is 31.5 Å². The van der Waals surface area contributed by atoms with E-state index in [0.29, 0.717) is 0 Å². The van der Waals surface area contributed by atoms with E-state index in [4.69, 9.17) is 14.5 Å². The number of nitrogens with zero attached hydrogens (tertiary/aromatic N) is 5. The maximum atomic E-state index is 5.50.